The molecule has 0 radical (unpaired) electrons. The molecule has 0 aliphatic carbocycles. The highest BCUT2D eigenvalue weighted by molar-refractivity contribution is 5.49. The molecule has 0 aromatic heterocycles. The molecule has 4 heteroatoms. The Morgan fingerprint density at radius 2 is 2.24 bits per heavy atom. The van der Waals surface area contributed by atoms with E-state index in [2.05, 4.69) is 4.90 Å². The molecule has 0 amide bonds. The molecule has 92 valence electrons. The molecule has 0 fully saturated rings. The summed E-state index contributed by atoms with van der Waals surface area (Å²) in [5, 5.41) is 8.58. The quantitative estimate of drug-likeness (QED) is 0.755. The summed E-state index contributed by atoms with van der Waals surface area (Å²) in [7, 11) is 3.63. The summed E-state index contributed by atoms with van der Waals surface area (Å²) < 4.78 is 10.5. The lowest BCUT2D eigenvalue weighted by atomic mass is 10.3. The topological polar surface area (TPSA) is 45.5 Å². The molecule has 4 nitrogen and oxygen atoms in total. The van der Waals surface area contributed by atoms with Gasteiger partial charge in [0.05, 0.1) is 19.8 Å². The van der Waals surface area contributed by atoms with E-state index in [9.17, 15) is 0 Å². The lowest BCUT2D eigenvalue weighted by Gasteiger charge is -2.20. The van der Waals surface area contributed by atoms with Crippen LogP contribution in [0, 0.1) is 11.3 Å². The van der Waals surface area contributed by atoms with Crippen LogP contribution in [0.3, 0.4) is 0 Å². The number of hydrogen-bond acceptors (Lipinski definition) is 4. The molecule has 1 rings (SSSR count). The highest BCUT2D eigenvalue weighted by Crippen LogP contribution is 2.19. The van der Waals surface area contributed by atoms with Crippen molar-refractivity contribution in [1.29, 1.82) is 5.26 Å². The molecule has 0 N–H and O–H groups in total. The first-order valence-electron chi connectivity index (χ1n) is 5.53. The van der Waals surface area contributed by atoms with Crippen molar-refractivity contribution in [1.82, 2.24) is 0 Å². The third-order valence-corrected chi connectivity index (χ3v) is 2.47. The van der Waals surface area contributed by atoms with Crippen LogP contribution in [0.1, 0.15) is 6.92 Å². The van der Waals surface area contributed by atoms with Crippen LogP contribution in [0.15, 0.2) is 24.3 Å². The molecular weight excluding hydrogens is 216 g/mol. The number of methoxy groups -OCH3 is 1. The fourth-order valence-corrected chi connectivity index (χ4v) is 1.38. The molecule has 0 saturated heterocycles. The van der Waals surface area contributed by atoms with Crippen LogP contribution in [0.25, 0.3) is 0 Å². The number of benzene rings is 1. The van der Waals surface area contributed by atoms with Gasteiger partial charge in [0.15, 0.2) is 0 Å². The fourth-order valence-electron chi connectivity index (χ4n) is 1.38. The molecule has 0 bridgehead atoms. The summed E-state index contributed by atoms with van der Waals surface area (Å²) in [6.07, 6.45) is -0.353. The monoisotopic (exact) mass is 234 g/mol. The van der Waals surface area contributed by atoms with Crippen molar-refractivity contribution in [2.24, 2.45) is 0 Å². The van der Waals surface area contributed by atoms with E-state index in [1.807, 2.05) is 37.4 Å². The smallest absolute Gasteiger partial charge is 0.141 e. The van der Waals surface area contributed by atoms with Gasteiger partial charge >= 0.3 is 0 Å². The number of nitriles is 1. The molecule has 1 aromatic rings. The highest BCUT2D eigenvalue weighted by atomic mass is 16.5. The first-order valence-corrected chi connectivity index (χ1v) is 5.53. The van der Waals surface area contributed by atoms with Crippen molar-refractivity contribution >= 4 is 5.69 Å². The third-order valence-electron chi connectivity index (χ3n) is 2.47. The molecule has 0 aliphatic rings. The van der Waals surface area contributed by atoms with Crippen LogP contribution >= 0.6 is 0 Å². The van der Waals surface area contributed by atoms with Crippen LogP contribution in [0.4, 0.5) is 5.69 Å². The SMILES string of the molecule is COc1cccc(N(C)CCOC(C)C#N)c1. The normalized spacial score (nSPS) is 11.6. The molecule has 1 aromatic carbocycles. The van der Waals surface area contributed by atoms with E-state index in [0.29, 0.717) is 6.61 Å². The Hall–Kier alpha value is -1.73. The van der Waals surface area contributed by atoms with Gasteiger partial charge in [-0.1, -0.05) is 6.07 Å². The summed E-state index contributed by atoms with van der Waals surface area (Å²) in [5.41, 5.74) is 1.07. The summed E-state index contributed by atoms with van der Waals surface area (Å²) in [6.45, 7) is 3.01. The van der Waals surface area contributed by atoms with Crippen molar-refractivity contribution in [3.05, 3.63) is 24.3 Å². The average molecular weight is 234 g/mol. The van der Waals surface area contributed by atoms with Gasteiger partial charge in [-0.05, 0) is 19.1 Å². The zero-order valence-corrected chi connectivity index (χ0v) is 10.5. The van der Waals surface area contributed by atoms with Crippen molar-refractivity contribution in [2.75, 3.05) is 32.2 Å². The molecule has 0 aliphatic heterocycles. The van der Waals surface area contributed by atoms with Crippen LogP contribution in [-0.4, -0.2) is 33.4 Å². The maximum absolute atomic E-state index is 8.58. The van der Waals surface area contributed by atoms with Gasteiger partial charge in [0.25, 0.3) is 0 Å². The van der Waals surface area contributed by atoms with Crippen LogP contribution < -0.4 is 9.64 Å². The Labute approximate surface area is 102 Å². The highest BCUT2D eigenvalue weighted by Gasteiger charge is 2.04. The molecule has 0 spiro atoms. The van der Waals surface area contributed by atoms with Gasteiger partial charge in [0.2, 0.25) is 0 Å². The summed E-state index contributed by atoms with van der Waals surface area (Å²) in [6, 6.07) is 9.87. The Bertz CT molecular complexity index is 387. The third kappa shape index (κ3) is 4.33. The molecule has 1 atom stereocenters. The number of anilines is 1. The zero-order valence-electron chi connectivity index (χ0n) is 10.5. The summed E-state index contributed by atoms with van der Waals surface area (Å²) in [4.78, 5) is 2.06. The lowest BCUT2D eigenvalue weighted by Crippen LogP contribution is -2.24. The Kier molecular flexibility index (Phi) is 5.31. The minimum atomic E-state index is -0.353. The number of hydrogen-bond donors (Lipinski definition) is 0. The Balaban J connectivity index is 2.46. The average Bonchev–Trinajstić information content (AvgIpc) is 2.38. The molecule has 1 unspecified atom stereocenters. The van der Waals surface area contributed by atoms with Crippen molar-refractivity contribution < 1.29 is 9.47 Å². The lowest BCUT2D eigenvalue weighted by molar-refractivity contribution is 0.108. The van der Waals surface area contributed by atoms with Gasteiger partial charge in [-0.15, -0.1) is 0 Å². The van der Waals surface area contributed by atoms with E-state index in [0.717, 1.165) is 18.0 Å². The largest absolute Gasteiger partial charge is 0.497 e. The number of rotatable bonds is 6. The van der Waals surface area contributed by atoms with E-state index in [1.165, 1.54) is 0 Å². The fraction of sp³-hybridized carbons (Fsp3) is 0.462. The number of ether oxygens (including phenoxy) is 2. The van der Waals surface area contributed by atoms with E-state index < -0.39 is 0 Å². The van der Waals surface area contributed by atoms with Gasteiger partial charge < -0.3 is 14.4 Å². The maximum atomic E-state index is 8.58. The second-order valence-corrected chi connectivity index (χ2v) is 3.77. The van der Waals surface area contributed by atoms with Gasteiger partial charge in [0.1, 0.15) is 11.9 Å². The second-order valence-electron chi connectivity index (χ2n) is 3.77. The minimum absolute atomic E-state index is 0.353. The Morgan fingerprint density at radius 1 is 1.47 bits per heavy atom. The standard InChI is InChI=1S/C13H18N2O2/c1-11(10-14)17-8-7-15(2)12-5-4-6-13(9-12)16-3/h4-6,9,11H,7-8H2,1-3H3. The van der Waals surface area contributed by atoms with E-state index >= 15 is 0 Å². The zero-order chi connectivity index (χ0) is 12.7. The van der Waals surface area contributed by atoms with Crippen LogP contribution in [0.2, 0.25) is 0 Å². The number of nitrogens with zero attached hydrogens (tertiary/aromatic N) is 2. The molecule has 0 saturated carbocycles. The van der Waals surface area contributed by atoms with Crippen LogP contribution in [0.5, 0.6) is 5.75 Å². The van der Waals surface area contributed by atoms with Crippen LogP contribution in [-0.2, 0) is 4.74 Å². The Morgan fingerprint density at radius 3 is 2.88 bits per heavy atom. The van der Waals surface area contributed by atoms with Crippen molar-refractivity contribution in [2.45, 2.75) is 13.0 Å². The predicted octanol–water partition coefficient (Wildman–Crippen LogP) is 2.06. The predicted molar refractivity (Wildman–Crippen MR) is 67.3 cm³/mol. The molecular formula is C13H18N2O2. The second kappa shape index (κ2) is 6.77. The van der Waals surface area contributed by atoms with E-state index in [1.54, 1.807) is 14.0 Å². The van der Waals surface area contributed by atoms with Gasteiger partial charge in [-0.25, -0.2) is 0 Å². The first kappa shape index (κ1) is 13.3. The van der Waals surface area contributed by atoms with Crippen molar-refractivity contribution in [3.63, 3.8) is 0 Å². The van der Waals surface area contributed by atoms with E-state index in [-0.39, 0.29) is 6.10 Å². The minimum Gasteiger partial charge on any atom is -0.497 e. The van der Waals surface area contributed by atoms with Gasteiger partial charge in [-0.2, -0.15) is 5.26 Å². The number of likely N-dealkylation sites (N-methyl/N-ethyl adjacent to an activating group) is 1. The maximum Gasteiger partial charge on any atom is 0.141 e. The molecule has 0 heterocycles. The van der Waals surface area contributed by atoms with E-state index in [4.69, 9.17) is 14.7 Å². The van der Waals surface area contributed by atoms with Crippen molar-refractivity contribution in [3.8, 4) is 11.8 Å². The first-order chi connectivity index (χ1) is 8.17. The van der Waals surface area contributed by atoms with Gasteiger partial charge in [0, 0.05) is 25.3 Å². The van der Waals surface area contributed by atoms with Gasteiger partial charge in [-0.3, -0.25) is 0 Å². The molecule has 17 heavy (non-hydrogen) atoms. The summed E-state index contributed by atoms with van der Waals surface area (Å²) in [5.74, 6) is 0.834. The summed E-state index contributed by atoms with van der Waals surface area (Å²) >= 11 is 0.